The summed E-state index contributed by atoms with van der Waals surface area (Å²) in [4.78, 5) is 17.2. The summed E-state index contributed by atoms with van der Waals surface area (Å²) in [6.45, 7) is 0. The van der Waals surface area contributed by atoms with Crippen LogP contribution in [-0.2, 0) is 6.42 Å². The molecule has 3 aromatic heterocycles. The van der Waals surface area contributed by atoms with E-state index in [1.165, 1.54) is 0 Å². The van der Waals surface area contributed by atoms with E-state index < -0.39 is 6.10 Å². The molecule has 5 rings (SSSR count). The summed E-state index contributed by atoms with van der Waals surface area (Å²) in [5.74, 6) is 0.535. The van der Waals surface area contributed by atoms with Gasteiger partial charge in [-0.05, 0) is 60.2 Å². The molecular formula is C27H28N4O3. The molecule has 0 radical (unpaired) electrons. The number of aromatic nitrogens is 3. The van der Waals surface area contributed by atoms with Gasteiger partial charge in [0.2, 0.25) is 0 Å². The number of aliphatic hydroxyl groups excluding tert-OH is 1. The Bertz CT molecular complexity index is 1300. The van der Waals surface area contributed by atoms with E-state index in [-0.39, 0.29) is 11.9 Å². The molecule has 174 valence electrons. The van der Waals surface area contributed by atoms with E-state index in [0.717, 1.165) is 59.2 Å². The maximum absolute atomic E-state index is 13.0. The predicted molar refractivity (Wildman–Crippen MR) is 130 cm³/mol. The summed E-state index contributed by atoms with van der Waals surface area (Å²) in [5, 5.41) is 17.7. The maximum atomic E-state index is 13.0. The Morgan fingerprint density at radius 1 is 1.18 bits per heavy atom. The van der Waals surface area contributed by atoms with Crippen molar-refractivity contribution < 1.29 is 14.6 Å². The van der Waals surface area contributed by atoms with Gasteiger partial charge in [-0.15, -0.1) is 0 Å². The number of nitrogens with one attached hydrogen (secondary N) is 1. The van der Waals surface area contributed by atoms with Gasteiger partial charge in [-0.1, -0.05) is 37.1 Å². The molecule has 1 aliphatic carbocycles. The lowest BCUT2D eigenvalue weighted by Crippen LogP contribution is -2.45. The van der Waals surface area contributed by atoms with Crippen LogP contribution in [0, 0.1) is 0 Å². The van der Waals surface area contributed by atoms with Crippen LogP contribution in [0.2, 0.25) is 0 Å². The van der Waals surface area contributed by atoms with Crippen molar-refractivity contribution in [3.63, 3.8) is 0 Å². The molecule has 0 aliphatic heterocycles. The SMILES string of the molecule is COc1ccncc1-c1ccc(Cc2cc(C(=O)N[C@H]3CCCC[C@@H]3O)nn3cccc23)cc1. The van der Waals surface area contributed by atoms with Gasteiger partial charge in [0.1, 0.15) is 11.4 Å². The lowest BCUT2D eigenvalue weighted by atomic mass is 9.92. The first-order valence-electron chi connectivity index (χ1n) is 11.7. The Labute approximate surface area is 198 Å². The Morgan fingerprint density at radius 3 is 2.79 bits per heavy atom. The van der Waals surface area contributed by atoms with Crippen LogP contribution in [0.1, 0.15) is 47.3 Å². The number of hydrogen-bond acceptors (Lipinski definition) is 5. The van der Waals surface area contributed by atoms with Crippen molar-refractivity contribution in [1.82, 2.24) is 19.9 Å². The summed E-state index contributed by atoms with van der Waals surface area (Å²) in [6.07, 6.45) is 9.05. The zero-order valence-electron chi connectivity index (χ0n) is 19.1. The van der Waals surface area contributed by atoms with Crippen LogP contribution in [0.4, 0.5) is 0 Å². The third-order valence-corrected chi connectivity index (χ3v) is 6.52. The van der Waals surface area contributed by atoms with Crippen LogP contribution in [0.3, 0.4) is 0 Å². The third-order valence-electron chi connectivity index (χ3n) is 6.52. The van der Waals surface area contributed by atoms with E-state index in [0.29, 0.717) is 12.1 Å². The van der Waals surface area contributed by atoms with Gasteiger partial charge in [0, 0.05) is 24.2 Å². The highest BCUT2D eigenvalue weighted by Gasteiger charge is 2.25. The minimum absolute atomic E-state index is 0.219. The maximum Gasteiger partial charge on any atom is 0.272 e. The van der Waals surface area contributed by atoms with Gasteiger partial charge < -0.3 is 15.2 Å². The normalized spacial score (nSPS) is 18.1. The zero-order chi connectivity index (χ0) is 23.5. The Morgan fingerprint density at radius 2 is 2.00 bits per heavy atom. The van der Waals surface area contributed by atoms with Crippen LogP contribution in [0.25, 0.3) is 16.6 Å². The molecule has 1 amide bonds. The number of rotatable bonds is 6. The van der Waals surface area contributed by atoms with E-state index in [2.05, 4.69) is 39.7 Å². The van der Waals surface area contributed by atoms with Gasteiger partial charge in [-0.3, -0.25) is 9.78 Å². The average Bonchev–Trinajstić information content (AvgIpc) is 3.35. The second kappa shape index (κ2) is 9.65. The van der Waals surface area contributed by atoms with Crippen molar-refractivity contribution in [2.24, 2.45) is 0 Å². The second-order valence-electron chi connectivity index (χ2n) is 8.77. The molecule has 1 aliphatic rings. The molecule has 0 bridgehead atoms. The molecule has 7 heteroatoms. The number of hydrogen-bond donors (Lipinski definition) is 2. The number of ether oxygens (including phenoxy) is 1. The molecule has 34 heavy (non-hydrogen) atoms. The first-order chi connectivity index (χ1) is 16.6. The molecule has 3 heterocycles. The number of aliphatic hydroxyl groups is 1. The molecular weight excluding hydrogens is 428 g/mol. The quantitative estimate of drug-likeness (QED) is 0.457. The molecule has 1 aromatic carbocycles. The van der Waals surface area contributed by atoms with Crippen molar-refractivity contribution in [3.8, 4) is 16.9 Å². The monoisotopic (exact) mass is 456 g/mol. The largest absolute Gasteiger partial charge is 0.496 e. The van der Waals surface area contributed by atoms with E-state index in [1.54, 1.807) is 24.0 Å². The van der Waals surface area contributed by atoms with Crippen LogP contribution >= 0.6 is 0 Å². The summed E-state index contributed by atoms with van der Waals surface area (Å²) in [7, 11) is 1.65. The number of fused-ring (bicyclic) bond motifs is 1. The number of methoxy groups -OCH3 is 1. The van der Waals surface area contributed by atoms with Gasteiger partial charge in [-0.2, -0.15) is 5.10 Å². The summed E-state index contributed by atoms with van der Waals surface area (Å²) < 4.78 is 7.20. The number of amides is 1. The molecule has 4 aromatic rings. The number of carbonyl (C=O) groups excluding carboxylic acids is 1. The van der Waals surface area contributed by atoms with Gasteiger partial charge in [-0.25, -0.2) is 4.52 Å². The van der Waals surface area contributed by atoms with Gasteiger partial charge in [0.15, 0.2) is 0 Å². The third kappa shape index (κ3) is 4.52. The zero-order valence-corrected chi connectivity index (χ0v) is 19.1. The van der Waals surface area contributed by atoms with Crippen LogP contribution in [-0.4, -0.2) is 44.9 Å². The minimum atomic E-state index is -0.496. The van der Waals surface area contributed by atoms with E-state index in [9.17, 15) is 9.90 Å². The topological polar surface area (TPSA) is 88.8 Å². The van der Waals surface area contributed by atoms with Crippen molar-refractivity contribution >= 4 is 11.4 Å². The highest BCUT2D eigenvalue weighted by molar-refractivity contribution is 5.93. The first-order valence-corrected chi connectivity index (χ1v) is 11.7. The number of benzene rings is 1. The number of carbonyl (C=O) groups is 1. The van der Waals surface area contributed by atoms with E-state index in [4.69, 9.17) is 4.74 Å². The van der Waals surface area contributed by atoms with Crippen molar-refractivity contribution in [2.45, 2.75) is 44.2 Å². The lowest BCUT2D eigenvalue weighted by molar-refractivity contribution is 0.0713. The fraction of sp³-hybridized carbons (Fsp3) is 0.296. The average molecular weight is 457 g/mol. The van der Waals surface area contributed by atoms with E-state index in [1.807, 2.05) is 30.5 Å². The predicted octanol–water partition coefficient (Wildman–Crippen LogP) is 4.03. The Balaban J connectivity index is 1.39. The Hall–Kier alpha value is -3.71. The number of pyridine rings is 1. The smallest absolute Gasteiger partial charge is 0.272 e. The molecule has 7 nitrogen and oxygen atoms in total. The fourth-order valence-electron chi connectivity index (χ4n) is 4.67. The minimum Gasteiger partial charge on any atom is -0.496 e. The van der Waals surface area contributed by atoms with Crippen molar-refractivity contribution in [3.05, 3.63) is 83.9 Å². The number of nitrogens with zero attached hydrogens (tertiary/aromatic N) is 3. The highest BCUT2D eigenvalue weighted by atomic mass is 16.5. The van der Waals surface area contributed by atoms with Crippen LogP contribution in [0.5, 0.6) is 5.75 Å². The van der Waals surface area contributed by atoms with Gasteiger partial charge in [0.05, 0.1) is 24.8 Å². The van der Waals surface area contributed by atoms with Gasteiger partial charge in [0.25, 0.3) is 5.91 Å². The van der Waals surface area contributed by atoms with Crippen LogP contribution in [0.15, 0.2) is 67.1 Å². The summed E-state index contributed by atoms with van der Waals surface area (Å²) in [5.41, 5.74) is 5.43. The Kier molecular flexibility index (Phi) is 6.27. The lowest BCUT2D eigenvalue weighted by Gasteiger charge is -2.28. The molecule has 2 N–H and O–H groups in total. The van der Waals surface area contributed by atoms with Crippen LogP contribution < -0.4 is 10.1 Å². The van der Waals surface area contributed by atoms with Crippen molar-refractivity contribution in [1.29, 1.82) is 0 Å². The molecule has 1 saturated carbocycles. The fourth-order valence-corrected chi connectivity index (χ4v) is 4.67. The van der Waals surface area contributed by atoms with E-state index >= 15 is 0 Å². The van der Waals surface area contributed by atoms with Gasteiger partial charge >= 0.3 is 0 Å². The molecule has 0 spiro atoms. The molecule has 2 atom stereocenters. The molecule has 1 fully saturated rings. The standard InChI is InChI=1S/C27H28N4O3/c1-34-26-12-13-28-17-21(26)19-10-8-18(9-11-19)15-20-16-23(30-31-14-4-6-24(20)31)27(33)29-22-5-2-3-7-25(22)32/h4,6,8-14,16-17,22,25,32H,2-3,5,7,15H2,1H3,(H,29,33)/t22-,25-/m0/s1. The summed E-state index contributed by atoms with van der Waals surface area (Å²) >= 11 is 0. The summed E-state index contributed by atoms with van der Waals surface area (Å²) in [6, 6.07) is 15.7. The molecule has 0 unspecified atom stereocenters. The highest BCUT2D eigenvalue weighted by Crippen LogP contribution is 2.29. The molecule has 0 saturated heterocycles. The second-order valence-corrected chi connectivity index (χ2v) is 8.77. The first kappa shape index (κ1) is 22.1. The van der Waals surface area contributed by atoms with Crippen molar-refractivity contribution in [2.75, 3.05) is 7.11 Å².